The maximum Gasteiger partial charge on any atom is 0.272 e. The van der Waals surface area contributed by atoms with E-state index in [1.807, 2.05) is 12.1 Å². The highest BCUT2D eigenvalue weighted by Gasteiger charge is 2.23. The second-order valence-corrected chi connectivity index (χ2v) is 7.49. The number of piperidine rings is 1. The minimum atomic E-state index is -0.205. The fourth-order valence-electron chi connectivity index (χ4n) is 3.77. The lowest BCUT2D eigenvalue weighted by Crippen LogP contribution is -2.47. The van der Waals surface area contributed by atoms with Crippen LogP contribution in [0, 0.1) is 0 Å². The Morgan fingerprint density at radius 1 is 1.28 bits per heavy atom. The summed E-state index contributed by atoms with van der Waals surface area (Å²) in [6.07, 6.45) is 5.90. The molecule has 3 aromatic rings. The van der Waals surface area contributed by atoms with Crippen LogP contribution in [0.2, 0.25) is 0 Å². The Balaban J connectivity index is 1.39. The van der Waals surface area contributed by atoms with E-state index >= 15 is 0 Å². The molecule has 0 unspecified atom stereocenters. The van der Waals surface area contributed by atoms with E-state index in [1.54, 1.807) is 35.1 Å². The molecule has 1 aromatic carbocycles. The Bertz CT molecular complexity index is 1000. The molecule has 3 N–H and O–H groups in total. The minimum absolute atomic E-state index is 0.0442. The molecule has 1 aliphatic rings. The van der Waals surface area contributed by atoms with Gasteiger partial charge in [-0.05, 0) is 49.1 Å². The van der Waals surface area contributed by atoms with Crippen molar-refractivity contribution in [2.45, 2.75) is 31.8 Å². The SMILES string of the molecule is O=C(N[C@@H]1CCCN(Cc2cccc(O)c2)C1)c1cc2ncc(CCO)cn2n1. The predicted octanol–water partition coefficient (Wildman–Crippen LogP) is 1.36. The monoisotopic (exact) mass is 395 g/mol. The summed E-state index contributed by atoms with van der Waals surface area (Å²) in [5.74, 6) is 0.0652. The Labute approximate surface area is 168 Å². The fourth-order valence-corrected chi connectivity index (χ4v) is 3.77. The van der Waals surface area contributed by atoms with Crippen molar-refractivity contribution in [3.05, 3.63) is 59.5 Å². The van der Waals surface area contributed by atoms with Gasteiger partial charge in [0, 0.05) is 44.2 Å². The molecule has 152 valence electrons. The van der Waals surface area contributed by atoms with Crippen LogP contribution in [0.3, 0.4) is 0 Å². The molecule has 29 heavy (non-hydrogen) atoms. The second-order valence-electron chi connectivity index (χ2n) is 7.49. The molecule has 3 heterocycles. The molecule has 0 saturated carbocycles. The van der Waals surface area contributed by atoms with Gasteiger partial charge in [0.15, 0.2) is 11.3 Å². The summed E-state index contributed by atoms with van der Waals surface area (Å²) in [6.45, 7) is 2.51. The van der Waals surface area contributed by atoms with E-state index in [0.29, 0.717) is 17.8 Å². The highest BCUT2D eigenvalue weighted by Crippen LogP contribution is 2.17. The number of aliphatic hydroxyl groups excluding tert-OH is 1. The van der Waals surface area contributed by atoms with E-state index in [1.165, 1.54) is 0 Å². The topological polar surface area (TPSA) is 103 Å². The zero-order valence-electron chi connectivity index (χ0n) is 16.2. The van der Waals surface area contributed by atoms with Gasteiger partial charge in [-0.1, -0.05) is 12.1 Å². The van der Waals surface area contributed by atoms with E-state index in [2.05, 4.69) is 20.3 Å². The molecule has 8 heteroatoms. The lowest BCUT2D eigenvalue weighted by atomic mass is 10.0. The summed E-state index contributed by atoms with van der Waals surface area (Å²) in [5.41, 5.74) is 2.86. The first-order valence-corrected chi connectivity index (χ1v) is 9.87. The number of fused-ring (bicyclic) bond motifs is 1. The molecule has 1 aliphatic heterocycles. The van der Waals surface area contributed by atoms with Crippen molar-refractivity contribution in [3.8, 4) is 5.75 Å². The molecule has 0 bridgehead atoms. The molecule has 2 aromatic heterocycles. The number of hydrogen-bond donors (Lipinski definition) is 3. The zero-order valence-corrected chi connectivity index (χ0v) is 16.2. The first-order valence-electron chi connectivity index (χ1n) is 9.87. The number of hydrogen-bond acceptors (Lipinski definition) is 6. The van der Waals surface area contributed by atoms with Gasteiger partial charge in [-0.2, -0.15) is 5.10 Å². The van der Waals surface area contributed by atoms with Crippen LogP contribution >= 0.6 is 0 Å². The van der Waals surface area contributed by atoms with E-state index < -0.39 is 0 Å². The van der Waals surface area contributed by atoms with Crippen LogP contribution in [0.4, 0.5) is 0 Å². The molecule has 1 fully saturated rings. The maximum absolute atomic E-state index is 12.7. The molecule has 0 spiro atoms. The summed E-state index contributed by atoms with van der Waals surface area (Å²) in [7, 11) is 0. The summed E-state index contributed by atoms with van der Waals surface area (Å²) in [4.78, 5) is 19.3. The summed E-state index contributed by atoms with van der Waals surface area (Å²) >= 11 is 0. The van der Waals surface area contributed by atoms with Crippen molar-refractivity contribution in [2.75, 3.05) is 19.7 Å². The van der Waals surface area contributed by atoms with Crippen molar-refractivity contribution in [2.24, 2.45) is 0 Å². The summed E-state index contributed by atoms with van der Waals surface area (Å²) < 4.78 is 1.58. The number of likely N-dealkylation sites (tertiary alicyclic amines) is 1. The van der Waals surface area contributed by atoms with Gasteiger partial charge in [-0.25, -0.2) is 9.50 Å². The molecule has 0 aliphatic carbocycles. The molecule has 1 atom stereocenters. The number of amides is 1. The zero-order chi connectivity index (χ0) is 20.2. The van der Waals surface area contributed by atoms with Crippen LogP contribution in [-0.2, 0) is 13.0 Å². The van der Waals surface area contributed by atoms with Gasteiger partial charge in [0.05, 0.1) is 0 Å². The number of benzene rings is 1. The lowest BCUT2D eigenvalue weighted by Gasteiger charge is -2.33. The van der Waals surface area contributed by atoms with Crippen LogP contribution < -0.4 is 5.32 Å². The number of rotatable bonds is 6. The molecule has 8 nitrogen and oxygen atoms in total. The Morgan fingerprint density at radius 2 is 2.17 bits per heavy atom. The van der Waals surface area contributed by atoms with E-state index in [-0.39, 0.29) is 24.3 Å². The van der Waals surface area contributed by atoms with Crippen molar-refractivity contribution < 1.29 is 15.0 Å². The number of nitrogens with zero attached hydrogens (tertiary/aromatic N) is 4. The first-order chi connectivity index (χ1) is 14.1. The third kappa shape index (κ3) is 4.72. The van der Waals surface area contributed by atoms with Gasteiger partial charge in [-0.3, -0.25) is 9.69 Å². The van der Waals surface area contributed by atoms with Crippen molar-refractivity contribution in [1.29, 1.82) is 0 Å². The largest absolute Gasteiger partial charge is 0.508 e. The molecular formula is C21H25N5O3. The van der Waals surface area contributed by atoms with Crippen LogP contribution in [0.25, 0.3) is 5.65 Å². The van der Waals surface area contributed by atoms with Gasteiger partial charge in [0.2, 0.25) is 0 Å². The number of aromatic hydroxyl groups is 1. The number of carbonyl (C=O) groups excluding carboxylic acids is 1. The standard InChI is InChI=1S/C21H25N5O3/c27-8-6-16-11-22-20-10-19(24-26(20)13-16)21(29)23-17-4-2-7-25(14-17)12-15-3-1-5-18(28)9-15/h1,3,5,9-11,13,17,27-28H,2,4,6-8,12,14H2,(H,23,29)/t17-/m1/s1. The van der Waals surface area contributed by atoms with Gasteiger partial charge >= 0.3 is 0 Å². The molecule has 1 amide bonds. The van der Waals surface area contributed by atoms with Crippen LogP contribution in [0.1, 0.15) is 34.5 Å². The molecule has 0 radical (unpaired) electrons. The Kier molecular flexibility index (Phi) is 5.73. The molecule has 1 saturated heterocycles. The lowest BCUT2D eigenvalue weighted by molar-refractivity contribution is 0.0895. The molecule has 4 rings (SSSR count). The quantitative estimate of drug-likeness (QED) is 0.582. The second kappa shape index (κ2) is 8.59. The predicted molar refractivity (Wildman–Crippen MR) is 108 cm³/mol. The van der Waals surface area contributed by atoms with Gasteiger partial charge in [0.25, 0.3) is 5.91 Å². The highest BCUT2D eigenvalue weighted by atomic mass is 16.3. The molecular weight excluding hydrogens is 370 g/mol. The number of phenols is 1. The number of phenolic OH excluding ortho intramolecular Hbond substituents is 1. The van der Waals surface area contributed by atoms with Crippen LogP contribution in [-0.4, -0.2) is 61.4 Å². The third-order valence-electron chi connectivity index (χ3n) is 5.16. The van der Waals surface area contributed by atoms with Gasteiger partial charge in [-0.15, -0.1) is 0 Å². The number of aromatic nitrogens is 3. The van der Waals surface area contributed by atoms with E-state index in [4.69, 9.17) is 5.11 Å². The van der Waals surface area contributed by atoms with Crippen molar-refractivity contribution >= 4 is 11.6 Å². The van der Waals surface area contributed by atoms with Crippen molar-refractivity contribution in [1.82, 2.24) is 24.8 Å². The first kappa shape index (κ1) is 19.4. The Hall–Kier alpha value is -2.97. The average Bonchev–Trinajstić information content (AvgIpc) is 3.12. The number of nitrogens with one attached hydrogen (secondary N) is 1. The van der Waals surface area contributed by atoms with Crippen molar-refractivity contribution in [3.63, 3.8) is 0 Å². The minimum Gasteiger partial charge on any atom is -0.508 e. The number of aliphatic hydroxyl groups is 1. The summed E-state index contributed by atoms with van der Waals surface area (Å²) in [6, 6.07) is 9.01. The van der Waals surface area contributed by atoms with Crippen LogP contribution in [0.15, 0.2) is 42.7 Å². The number of carbonyl (C=O) groups is 1. The normalized spacial score (nSPS) is 17.5. The maximum atomic E-state index is 12.7. The summed E-state index contributed by atoms with van der Waals surface area (Å²) in [5, 5.41) is 26.1. The van der Waals surface area contributed by atoms with Gasteiger partial charge < -0.3 is 15.5 Å². The smallest absolute Gasteiger partial charge is 0.272 e. The van der Waals surface area contributed by atoms with E-state index in [0.717, 1.165) is 43.6 Å². The van der Waals surface area contributed by atoms with E-state index in [9.17, 15) is 9.90 Å². The van der Waals surface area contributed by atoms with Gasteiger partial charge in [0.1, 0.15) is 5.75 Å². The fraction of sp³-hybridized carbons (Fsp3) is 0.381. The average molecular weight is 395 g/mol. The third-order valence-corrected chi connectivity index (χ3v) is 5.16. The Morgan fingerprint density at radius 3 is 3.00 bits per heavy atom. The highest BCUT2D eigenvalue weighted by molar-refractivity contribution is 5.93. The van der Waals surface area contributed by atoms with Crippen LogP contribution in [0.5, 0.6) is 5.75 Å².